The largest absolute Gasteiger partial charge is 0.508 e. The molecule has 4 N–H and O–H groups in total. The molecule has 0 spiro atoms. The number of phenolic OH excluding ortho intramolecular Hbond substituents is 4. The van der Waals surface area contributed by atoms with Crippen LogP contribution in [0.3, 0.4) is 0 Å². The fraction of sp³-hybridized carbons (Fsp3) is 0.100. The molecule has 0 saturated heterocycles. The fourth-order valence-electron chi connectivity index (χ4n) is 3.52. The number of benzene rings is 4. The Kier molecular flexibility index (Phi) is 2.82. The highest BCUT2D eigenvalue weighted by atomic mass is 16.3. The molecule has 4 aromatic carbocycles. The topological polar surface area (TPSA) is 80.9 Å². The monoisotopic (exact) mass is 320 g/mol. The lowest BCUT2D eigenvalue weighted by molar-refractivity contribution is 0.471. The highest BCUT2D eigenvalue weighted by molar-refractivity contribution is 6.25. The van der Waals surface area contributed by atoms with Crippen molar-refractivity contribution in [2.45, 2.75) is 13.8 Å². The molecule has 0 aliphatic carbocycles. The van der Waals surface area contributed by atoms with E-state index in [9.17, 15) is 20.4 Å². The van der Waals surface area contributed by atoms with E-state index >= 15 is 0 Å². The van der Waals surface area contributed by atoms with E-state index < -0.39 is 0 Å². The number of hydrogen-bond donors (Lipinski definition) is 4. The Morgan fingerprint density at radius 3 is 1.38 bits per heavy atom. The Morgan fingerprint density at radius 2 is 0.958 bits per heavy atom. The number of hydrogen-bond acceptors (Lipinski definition) is 4. The van der Waals surface area contributed by atoms with Crippen molar-refractivity contribution < 1.29 is 20.4 Å². The van der Waals surface area contributed by atoms with E-state index in [1.165, 1.54) is 0 Å². The van der Waals surface area contributed by atoms with Crippen LogP contribution in [0.15, 0.2) is 36.4 Å². The first-order chi connectivity index (χ1) is 11.4. The number of rotatable bonds is 0. The summed E-state index contributed by atoms with van der Waals surface area (Å²) in [7, 11) is 0. The van der Waals surface area contributed by atoms with Gasteiger partial charge in [0.25, 0.3) is 0 Å². The van der Waals surface area contributed by atoms with Crippen molar-refractivity contribution in [1.82, 2.24) is 0 Å². The van der Waals surface area contributed by atoms with E-state index in [4.69, 9.17) is 0 Å². The van der Waals surface area contributed by atoms with E-state index in [2.05, 4.69) is 0 Å². The first kappa shape index (κ1) is 14.5. The molecule has 4 heteroatoms. The summed E-state index contributed by atoms with van der Waals surface area (Å²) in [5.41, 5.74) is 1.28. The van der Waals surface area contributed by atoms with Gasteiger partial charge in [-0.2, -0.15) is 0 Å². The maximum Gasteiger partial charge on any atom is 0.124 e. The van der Waals surface area contributed by atoms with Crippen LogP contribution in [-0.2, 0) is 0 Å². The van der Waals surface area contributed by atoms with Crippen molar-refractivity contribution in [3.63, 3.8) is 0 Å². The smallest absolute Gasteiger partial charge is 0.124 e. The third kappa shape index (κ3) is 1.74. The van der Waals surface area contributed by atoms with Gasteiger partial charge in [-0.1, -0.05) is 0 Å². The van der Waals surface area contributed by atoms with Gasteiger partial charge >= 0.3 is 0 Å². The summed E-state index contributed by atoms with van der Waals surface area (Å²) in [6.07, 6.45) is 0. The average molecular weight is 320 g/mol. The van der Waals surface area contributed by atoms with Gasteiger partial charge in [0.2, 0.25) is 0 Å². The molecule has 0 amide bonds. The summed E-state index contributed by atoms with van der Waals surface area (Å²) >= 11 is 0. The van der Waals surface area contributed by atoms with Gasteiger partial charge in [0.1, 0.15) is 23.0 Å². The lowest BCUT2D eigenvalue weighted by Gasteiger charge is -2.15. The molecule has 4 rings (SSSR count). The standard InChI is InChI=1S/C20H16O4/c1-9-14(21)5-3-12-16(23)7-11-8-17(24)13-4-6-15(22)10(2)19(13)20(11)18(9)12/h3-8,21-24H,1-2H3. The second-order valence-electron chi connectivity index (χ2n) is 6.15. The summed E-state index contributed by atoms with van der Waals surface area (Å²) in [4.78, 5) is 0. The summed E-state index contributed by atoms with van der Waals surface area (Å²) in [5.74, 6) is 0.427. The molecule has 24 heavy (non-hydrogen) atoms. The van der Waals surface area contributed by atoms with Gasteiger partial charge in [-0.25, -0.2) is 0 Å². The SMILES string of the molecule is Cc1c(O)ccc2c(O)cc3cc(O)c4ccc(O)c(C)c4c3c12. The van der Waals surface area contributed by atoms with Crippen LogP contribution in [0.25, 0.3) is 32.3 Å². The predicted octanol–water partition coefficient (Wildman–Crippen LogP) is 4.59. The normalized spacial score (nSPS) is 11.6. The zero-order valence-electron chi connectivity index (χ0n) is 13.3. The van der Waals surface area contributed by atoms with E-state index in [-0.39, 0.29) is 23.0 Å². The average Bonchev–Trinajstić information content (AvgIpc) is 2.54. The zero-order chi connectivity index (χ0) is 17.2. The van der Waals surface area contributed by atoms with Crippen molar-refractivity contribution in [3.8, 4) is 23.0 Å². The van der Waals surface area contributed by atoms with Gasteiger partial charge in [-0.15, -0.1) is 0 Å². The second-order valence-corrected chi connectivity index (χ2v) is 6.15. The van der Waals surface area contributed by atoms with Crippen LogP contribution in [0.4, 0.5) is 0 Å². The third-order valence-electron chi connectivity index (χ3n) is 4.80. The molecule has 0 saturated carbocycles. The molecule has 4 nitrogen and oxygen atoms in total. The van der Waals surface area contributed by atoms with Gasteiger partial charge in [-0.05, 0) is 72.1 Å². The Hall–Kier alpha value is -3.14. The van der Waals surface area contributed by atoms with Gasteiger partial charge in [0.05, 0.1) is 0 Å². The Balaban J connectivity index is 2.46. The highest BCUT2D eigenvalue weighted by Crippen LogP contribution is 2.45. The minimum absolute atomic E-state index is 0.0807. The van der Waals surface area contributed by atoms with Crippen molar-refractivity contribution in [1.29, 1.82) is 0 Å². The van der Waals surface area contributed by atoms with E-state index in [0.29, 0.717) is 38.1 Å². The molecule has 0 aromatic heterocycles. The van der Waals surface area contributed by atoms with E-state index in [0.717, 1.165) is 5.39 Å². The Bertz CT molecular complexity index is 1070. The van der Waals surface area contributed by atoms with Crippen LogP contribution >= 0.6 is 0 Å². The summed E-state index contributed by atoms with van der Waals surface area (Å²) in [5, 5.41) is 45.1. The Morgan fingerprint density at radius 1 is 0.542 bits per heavy atom. The number of aromatic hydroxyl groups is 4. The first-order valence-electron chi connectivity index (χ1n) is 7.62. The van der Waals surface area contributed by atoms with Gasteiger partial charge < -0.3 is 20.4 Å². The summed E-state index contributed by atoms with van der Waals surface area (Å²) in [6, 6.07) is 9.63. The fourth-order valence-corrected chi connectivity index (χ4v) is 3.52. The molecular formula is C20H16O4. The number of phenols is 4. The van der Waals surface area contributed by atoms with Crippen LogP contribution in [0.2, 0.25) is 0 Å². The van der Waals surface area contributed by atoms with Crippen molar-refractivity contribution in [2.75, 3.05) is 0 Å². The van der Waals surface area contributed by atoms with Crippen molar-refractivity contribution in [3.05, 3.63) is 47.5 Å². The molecule has 0 unspecified atom stereocenters. The molecule has 0 bridgehead atoms. The van der Waals surface area contributed by atoms with Crippen LogP contribution in [0.5, 0.6) is 23.0 Å². The predicted molar refractivity (Wildman–Crippen MR) is 95.1 cm³/mol. The van der Waals surface area contributed by atoms with Crippen LogP contribution in [0.1, 0.15) is 11.1 Å². The highest BCUT2D eigenvalue weighted by Gasteiger charge is 2.17. The minimum atomic E-state index is 0.0807. The Labute approximate surface area is 137 Å². The molecule has 0 atom stereocenters. The lowest BCUT2D eigenvalue weighted by atomic mass is 9.90. The molecule has 0 fully saturated rings. The molecule has 0 heterocycles. The van der Waals surface area contributed by atoms with Gasteiger partial charge in [0.15, 0.2) is 0 Å². The van der Waals surface area contributed by atoms with E-state index in [1.54, 1.807) is 50.2 Å². The zero-order valence-corrected chi connectivity index (χ0v) is 13.3. The summed E-state index contributed by atoms with van der Waals surface area (Å²) in [6.45, 7) is 3.57. The first-order valence-corrected chi connectivity index (χ1v) is 7.62. The third-order valence-corrected chi connectivity index (χ3v) is 4.80. The molecular weight excluding hydrogens is 304 g/mol. The lowest BCUT2D eigenvalue weighted by Crippen LogP contribution is -1.89. The minimum Gasteiger partial charge on any atom is -0.508 e. The molecule has 0 aliphatic rings. The maximum absolute atomic E-state index is 10.4. The number of aryl methyl sites for hydroxylation is 2. The summed E-state index contributed by atoms with van der Waals surface area (Å²) < 4.78 is 0. The quantitative estimate of drug-likeness (QED) is 0.357. The maximum atomic E-state index is 10.4. The van der Waals surface area contributed by atoms with E-state index in [1.807, 2.05) is 0 Å². The molecule has 120 valence electrons. The van der Waals surface area contributed by atoms with Crippen molar-refractivity contribution >= 4 is 32.3 Å². The molecule has 0 radical (unpaired) electrons. The van der Waals surface area contributed by atoms with Crippen LogP contribution < -0.4 is 0 Å². The van der Waals surface area contributed by atoms with Gasteiger partial charge in [0, 0.05) is 21.5 Å². The van der Waals surface area contributed by atoms with Gasteiger partial charge in [-0.3, -0.25) is 0 Å². The van der Waals surface area contributed by atoms with Crippen LogP contribution in [-0.4, -0.2) is 20.4 Å². The van der Waals surface area contributed by atoms with Crippen molar-refractivity contribution in [2.24, 2.45) is 0 Å². The second kappa shape index (κ2) is 4.68. The van der Waals surface area contributed by atoms with Crippen LogP contribution in [0, 0.1) is 13.8 Å². The molecule has 4 aromatic rings. The number of fused-ring (bicyclic) bond motifs is 5. The molecule has 0 aliphatic heterocycles.